The van der Waals surface area contributed by atoms with Crippen LogP contribution in [-0.4, -0.2) is 12.2 Å². The van der Waals surface area contributed by atoms with Crippen molar-refractivity contribution in [2.24, 2.45) is 0 Å². The summed E-state index contributed by atoms with van der Waals surface area (Å²) in [7, 11) is 0. The number of nitrogens with one attached hydrogen (secondary N) is 2. The van der Waals surface area contributed by atoms with Gasteiger partial charge in [0.25, 0.3) is 5.91 Å². The van der Waals surface area contributed by atoms with E-state index in [4.69, 9.17) is 0 Å². The second kappa shape index (κ2) is 7.81. The standard InChI is InChI=1S/C20H19N3OS2/c1-12-7-4-5-8-15(12)23-19(24)17-13(2)22-20(25-3)14(11-21)18(17)16-9-6-10-26-16/h4-10,18,22H,1-3H3,(H,23,24)/t18-/m0/s1. The molecule has 3 rings (SSSR count). The maximum Gasteiger partial charge on any atom is 0.254 e. The van der Waals surface area contributed by atoms with E-state index in [0.29, 0.717) is 11.1 Å². The Labute approximate surface area is 161 Å². The van der Waals surface area contributed by atoms with Gasteiger partial charge in [-0.15, -0.1) is 23.1 Å². The van der Waals surface area contributed by atoms with Crippen molar-refractivity contribution in [2.45, 2.75) is 19.8 Å². The van der Waals surface area contributed by atoms with Gasteiger partial charge in [0.2, 0.25) is 0 Å². The number of benzene rings is 1. The minimum Gasteiger partial charge on any atom is -0.353 e. The number of rotatable bonds is 4. The van der Waals surface area contributed by atoms with E-state index in [1.165, 1.54) is 11.8 Å². The van der Waals surface area contributed by atoms with Crippen LogP contribution in [0.1, 0.15) is 23.3 Å². The lowest BCUT2D eigenvalue weighted by molar-refractivity contribution is -0.113. The van der Waals surface area contributed by atoms with Gasteiger partial charge in [0, 0.05) is 21.8 Å². The number of thioether (sulfide) groups is 1. The lowest BCUT2D eigenvalue weighted by Gasteiger charge is -2.28. The van der Waals surface area contributed by atoms with Crippen molar-refractivity contribution in [1.29, 1.82) is 5.26 Å². The summed E-state index contributed by atoms with van der Waals surface area (Å²) in [6.45, 7) is 3.84. The van der Waals surface area contributed by atoms with Gasteiger partial charge >= 0.3 is 0 Å². The molecule has 2 N–H and O–H groups in total. The number of allylic oxidation sites excluding steroid dienone is 2. The van der Waals surface area contributed by atoms with Gasteiger partial charge in [-0.1, -0.05) is 24.3 Å². The Balaban J connectivity index is 2.05. The average Bonchev–Trinajstić information content (AvgIpc) is 3.16. The number of carbonyl (C=O) groups excluding carboxylic acids is 1. The molecule has 2 aromatic rings. The van der Waals surface area contributed by atoms with E-state index in [-0.39, 0.29) is 11.8 Å². The molecule has 0 radical (unpaired) electrons. The Morgan fingerprint density at radius 1 is 1.27 bits per heavy atom. The predicted molar refractivity (Wildman–Crippen MR) is 109 cm³/mol. The number of carbonyl (C=O) groups is 1. The van der Waals surface area contributed by atoms with Crippen LogP contribution >= 0.6 is 23.1 Å². The number of nitrogens with zero attached hydrogens (tertiary/aromatic N) is 1. The fraction of sp³-hybridized carbons (Fsp3) is 0.200. The molecule has 0 unspecified atom stereocenters. The first-order valence-electron chi connectivity index (χ1n) is 8.13. The molecule has 0 bridgehead atoms. The first-order chi connectivity index (χ1) is 12.6. The molecule has 1 aromatic carbocycles. The quantitative estimate of drug-likeness (QED) is 0.802. The molecular weight excluding hydrogens is 362 g/mol. The van der Waals surface area contributed by atoms with Crippen molar-refractivity contribution in [3.8, 4) is 6.07 Å². The highest BCUT2D eigenvalue weighted by Gasteiger charge is 2.35. The molecule has 1 aromatic heterocycles. The van der Waals surface area contributed by atoms with Gasteiger partial charge in [-0.25, -0.2) is 0 Å². The monoisotopic (exact) mass is 381 g/mol. The molecular formula is C20H19N3OS2. The van der Waals surface area contributed by atoms with Crippen LogP contribution < -0.4 is 10.6 Å². The predicted octanol–water partition coefficient (Wildman–Crippen LogP) is 4.75. The average molecular weight is 382 g/mol. The van der Waals surface area contributed by atoms with Crippen LogP contribution in [0.15, 0.2) is 63.7 Å². The number of amides is 1. The zero-order valence-corrected chi connectivity index (χ0v) is 16.4. The number of hydrogen-bond donors (Lipinski definition) is 2. The lowest BCUT2D eigenvalue weighted by Crippen LogP contribution is -2.30. The van der Waals surface area contributed by atoms with Gasteiger partial charge < -0.3 is 10.6 Å². The first kappa shape index (κ1) is 18.3. The molecule has 0 saturated heterocycles. The summed E-state index contributed by atoms with van der Waals surface area (Å²) in [6.07, 6.45) is 1.93. The second-order valence-corrected chi connectivity index (χ2v) is 7.74. The van der Waals surface area contributed by atoms with E-state index in [0.717, 1.165) is 26.9 Å². The third-order valence-corrected chi connectivity index (χ3v) is 5.98. The summed E-state index contributed by atoms with van der Waals surface area (Å²) in [6, 6.07) is 13.9. The number of dihydropyridines is 1. The molecule has 0 aliphatic carbocycles. The zero-order chi connectivity index (χ0) is 18.7. The third-order valence-electron chi connectivity index (χ3n) is 4.32. The minimum atomic E-state index is -0.354. The summed E-state index contributed by atoms with van der Waals surface area (Å²) in [4.78, 5) is 14.1. The van der Waals surface area contributed by atoms with Crippen molar-refractivity contribution in [1.82, 2.24) is 5.32 Å². The van der Waals surface area contributed by atoms with Crippen LogP contribution in [-0.2, 0) is 4.79 Å². The highest BCUT2D eigenvalue weighted by Crippen LogP contribution is 2.42. The molecule has 1 amide bonds. The van der Waals surface area contributed by atoms with Crippen molar-refractivity contribution in [3.63, 3.8) is 0 Å². The highest BCUT2D eigenvalue weighted by atomic mass is 32.2. The van der Waals surface area contributed by atoms with E-state index >= 15 is 0 Å². The third kappa shape index (κ3) is 3.41. The summed E-state index contributed by atoms with van der Waals surface area (Å²) < 4.78 is 0. The summed E-state index contributed by atoms with van der Waals surface area (Å²) in [5.41, 5.74) is 3.72. The Bertz CT molecular complexity index is 936. The van der Waals surface area contributed by atoms with Crippen molar-refractivity contribution in [2.75, 3.05) is 11.6 Å². The normalized spacial score (nSPS) is 16.9. The molecule has 4 nitrogen and oxygen atoms in total. The van der Waals surface area contributed by atoms with Gasteiger partial charge in [0.05, 0.1) is 22.6 Å². The van der Waals surface area contributed by atoms with Gasteiger partial charge in [0.1, 0.15) is 0 Å². The van der Waals surface area contributed by atoms with Gasteiger partial charge in [0.15, 0.2) is 0 Å². The van der Waals surface area contributed by atoms with E-state index < -0.39 is 0 Å². The topological polar surface area (TPSA) is 64.9 Å². The number of hydrogen-bond acceptors (Lipinski definition) is 5. The molecule has 0 saturated carbocycles. The van der Waals surface area contributed by atoms with Gasteiger partial charge in [-0.3, -0.25) is 4.79 Å². The highest BCUT2D eigenvalue weighted by molar-refractivity contribution is 8.02. The number of thiophene rings is 1. The fourth-order valence-corrected chi connectivity index (χ4v) is 4.50. The maximum absolute atomic E-state index is 13.1. The van der Waals surface area contributed by atoms with Crippen LogP contribution in [0, 0.1) is 18.3 Å². The molecule has 1 aliphatic rings. The number of nitriles is 1. The Morgan fingerprint density at radius 2 is 2.04 bits per heavy atom. The molecule has 6 heteroatoms. The Morgan fingerprint density at radius 3 is 2.65 bits per heavy atom. The van der Waals surface area contributed by atoms with Crippen LogP contribution in [0.5, 0.6) is 0 Å². The molecule has 1 atom stereocenters. The molecule has 0 fully saturated rings. The van der Waals surface area contributed by atoms with Crippen molar-refractivity contribution >= 4 is 34.7 Å². The van der Waals surface area contributed by atoms with Crippen LogP contribution in [0.4, 0.5) is 5.69 Å². The van der Waals surface area contributed by atoms with Crippen LogP contribution in [0.3, 0.4) is 0 Å². The fourth-order valence-electron chi connectivity index (χ4n) is 3.02. The maximum atomic E-state index is 13.1. The SMILES string of the molecule is CSC1=C(C#N)[C@@H](c2cccs2)C(C(=O)Nc2ccccc2C)=C(C)N1. The molecule has 26 heavy (non-hydrogen) atoms. The summed E-state index contributed by atoms with van der Waals surface area (Å²) >= 11 is 3.05. The van der Waals surface area contributed by atoms with Gasteiger partial charge in [-0.05, 0) is 43.2 Å². The van der Waals surface area contributed by atoms with E-state index in [9.17, 15) is 10.1 Å². The van der Waals surface area contributed by atoms with Crippen molar-refractivity contribution < 1.29 is 4.79 Å². The number of anilines is 1. The lowest BCUT2D eigenvalue weighted by atomic mass is 9.86. The van der Waals surface area contributed by atoms with Crippen LogP contribution in [0.25, 0.3) is 0 Å². The molecule has 2 heterocycles. The number of aryl methyl sites for hydroxylation is 1. The summed E-state index contributed by atoms with van der Waals surface area (Å²) in [5, 5.41) is 18.8. The molecule has 132 valence electrons. The molecule has 0 spiro atoms. The Kier molecular flexibility index (Phi) is 5.50. The van der Waals surface area contributed by atoms with E-state index in [1.807, 2.05) is 61.9 Å². The Hall–Kier alpha value is -2.49. The van der Waals surface area contributed by atoms with E-state index in [2.05, 4.69) is 16.7 Å². The smallest absolute Gasteiger partial charge is 0.254 e. The largest absolute Gasteiger partial charge is 0.353 e. The summed E-state index contributed by atoms with van der Waals surface area (Å²) in [5.74, 6) is -0.539. The zero-order valence-electron chi connectivity index (χ0n) is 14.8. The molecule has 1 aliphatic heterocycles. The minimum absolute atomic E-state index is 0.185. The van der Waals surface area contributed by atoms with Crippen molar-refractivity contribution in [3.05, 3.63) is 74.1 Å². The van der Waals surface area contributed by atoms with Crippen LogP contribution in [0.2, 0.25) is 0 Å². The second-order valence-electron chi connectivity index (χ2n) is 5.94. The van der Waals surface area contributed by atoms with Gasteiger partial charge in [-0.2, -0.15) is 5.26 Å². The first-order valence-corrected chi connectivity index (χ1v) is 10.2. The van der Waals surface area contributed by atoms with E-state index in [1.54, 1.807) is 11.3 Å². The number of para-hydroxylation sites is 1.